The van der Waals surface area contributed by atoms with Crippen molar-refractivity contribution < 1.29 is 0 Å². The standard InChI is InChI=1S/C13H25N3/c1-11(2)8-16(9-12(3)4)10-13-14-6-7-15(13)5/h6-7,11-12H,8-10H2,1-5H3. The molecule has 0 aliphatic heterocycles. The van der Waals surface area contributed by atoms with Gasteiger partial charge in [-0.3, -0.25) is 4.90 Å². The number of hydrogen-bond donors (Lipinski definition) is 0. The zero-order chi connectivity index (χ0) is 12.1. The van der Waals surface area contributed by atoms with Crippen LogP contribution >= 0.6 is 0 Å². The first-order valence-electron chi connectivity index (χ1n) is 6.17. The van der Waals surface area contributed by atoms with Gasteiger partial charge >= 0.3 is 0 Å². The molecule has 0 spiro atoms. The molecule has 1 aromatic heterocycles. The summed E-state index contributed by atoms with van der Waals surface area (Å²) in [5, 5.41) is 0. The average Bonchev–Trinajstić information content (AvgIpc) is 2.49. The van der Waals surface area contributed by atoms with Crippen molar-refractivity contribution in [2.75, 3.05) is 13.1 Å². The van der Waals surface area contributed by atoms with E-state index in [2.05, 4.69) is 49.2 Å². The summed E-state index contributed by atoms with van der Waals surface area (Å²) in [6.07, 6.45) is 3.89. The molecular weight excluding hydrogens is 198 g/mol. The summed E-state index contributed by atoms with van der Waals surface area (Å²) in [6.45, 7) is 12.3. The molecule has 1 aromatic rings. The Balaban J connectivity index is 2.59. The molecule has 3 nitrogen and oxygen atoms in total. The molecular formula is C13H25N3. The summed E-state index contributed by atoms with van der Waals surface area (Å²) in [7, 11) is 2.06. The van der Waals surface area contributed by atoms with E-state index in [1.54, 1.807) is 0 Å². The fraction of sp³-hybridized carbons (Fsp3) is 0.769. The largest absolute Gasteiger partial charge is 0.337 e. The summed E-state index contributed by atoms with van der Waals surface area (Å²) in [4.78, 5) is 6.89. The van der Waals surface area contributed by atoms with E-state index in [9.17, 15) is 0 Å². The lowest BCUT2D eigenvalue weighted by molar-refractivity contribution is 0.205. The highest BCUT2D eigenvalue weighted by Crippen LogP contribution is 2.08. The number of hydrogen-bond acceptors (Lipinski definition) is 2. The first-order chi connectivity index (χ1) is 7.49. The van der Waals surface area contributed by atoms with E-state index in [1.165, 1.54) is 0 Å². The molecule has 0 aliphatic rings. The van der Waals surface area contributed by atoms with Gasteiger partial charge in [0, 0.05) is 32.5 Å². The third-order valence-electron chi connectivity index (χ3n) is 2.53. The molecule has 0 aromatic carbocycles. The Labute approximate surface area is 99.5 Å². The second-order valence-electron chi connectivity index (χ2n) is 5.44. The van der Waals surface area contributed by atoms with E-state index in [1.807, 2.05) is 12.4 Å². The van der Waals surface area contributed by atoms with Gasteiger partial charge < -0.3 is 4.57 Å². The monoisotopic (exact) mass is 223 g/mol. The van der Waals surface area contributed by atoms with Crippen molar-refractivity contribution in [2.24, 2.45) is 18.9 Å². The number of aryl methyl sites for hydroxylation is 1. The van der Waals surface area contributed by atoms with Gasteiger partial charge in [-0.25, -0.2) is 4.98 Å². The van der Waals surface area contributed by atoms with Crippen molar-refractivity contribution >= 4 is 0 Å². The summed E-state index contributed by atoms with van der Waals surface area (Å²) in [6, 6.07) is 0. The average molecular weight is 223 g/mol. The van der Waals surface area contributed by atoms with E-state index < -0.39 is 0 Å². The van der Waals surface area contributed by atoms with Crippen molar-refractivity contribution in [3.63, 3.8) is 0 Å². The van der Waals surface area contributed by atoms with Gasteiger partial charge in [0.05, 0.1) is 6.54 Å². The Morgan fingerprint density at radius 2 is 1.75 bits per heavy atom. The molecule has 16 heavy (non-hydrogen) atoms. The van der Waals surface area contributed by atoms with E-state index >= 15 is 0 Å². The van der Waals surface area contributed by atoms with Crippen LogP contribution < -0.4 is 0 Å². The highest BCUT2D eigenvalue weighted by Gasteiger charge is 2.12. The van der Waals surface area contributed by atoms with E-state index in [-0.39, 0.29) is 0 Å². The van der Waals surface area contributed by atoms with Crippen molar-refractivity contribution in [2.45, 2.75) is 34.2 Å². The van der Waals surface area contributed by atoms with Gasteiger partial charge in [-0.1, -0.05) is 27.7 Å². The molecule has 0 bridgehead atoms. The minimum absolute atomic E-state index is 0.707. The molecule has 0 amide bonds. The van der Waals surface area contributed by atoms with Crippen LogP contribution in [0, 0.1) is 11.8 Å². The molecule has 0 saturated carbocycles. The number of nitrogens with zero attached hydrogens (tertiary/aromatic N) is 3. The lowest BCUT2D eigenvalue weighted by Gasteiger charge is -2.25. The van der Waals surface area contributed by atoms with Gasteiger partial charge in [0.2, 0.25) is 0 Å². The van der Waals surface area contributed by atoms with Gasteiger partial charge in [0.1, 0.15) is 5.82 Å². The molecule has 0 aliphatic carbocycles. The van der Waals surface area contributed by atoms with Crippen LogP contribution in [0.1, 0.15) is 33.5 Å². The van der Waals surface area contributed by atoms with Gasteiger partial charge in [-0.15, -0.1) is 0 Å². The zero-order valence-corrected chi connectivity index (χ0v) is 11.3. The molecule has 0 fully saturated rings. The smallest absolute Gasteiger partial charge is 0.122 e. The van der Waals surface area contributed by atoms with Crippen molar-refractivity contribution in [3.05, 3.63) is 18.2 Å². The number of imidazole rings is 1. The topological polar surface area (TPSA) is 21.1 Å². The minimum atomic E-state index is 0.707. The lowest BCUT2D eigenvalue weighted by atomic mass is 10.1. The van der Waals surface area contributed by atoms with Crippen LogP contribution in [0.5, 0.6) is 0 Å². The third-order valence-corrected chi connectivity index (χ3v) is 2.53. The molecule has 1 rings (SSSR count). The van der Waals surface area contributed by atoms with Crippen LogP contribution in [0.3, 0.4) is 0 Å². The molecule has 0 saturated heterocycles. The molecule has 92 valence electrons. The molecule has 3 heteroatoms. The summed E-state index contributed by atoms with van der Waals surface area (Å²) >= 11 is 0. The molecule has 0 unspecified atom stereocenters. The number of rotatable bonds is 6. The maximum atomic E-state index is 4.39. The predicted molar refractivity (Wildman–Crippen MR) is 68.2 cm³/mol. The maximum absolute atomic E-state index is 4.39. The second kappa shape index (κ2) is 6.04. The van der Waals surface area contributed by atoms with Gasteiger partial charge in [-0.05, 0) is 11.8 Å². The minimum Gasteiger partial charge on any atom is -0.337 e. The van der Waals surface area contributed by atoms with E-state index in [0.29, 0.717) is 11.8 Å². The van der Waals surface area contributed by atoms with E-state index in [4.69, 9.17) is 0 Å². The van der Waals surface area contributed by atoms with Gasteiger partial charge in [-0.2, -0.15) is 0 Å². The Morgan fingerprint density at radius 3 is 2.12 bits per heavy atom. The van der Waals surface area contributed by atoms with Gasteiger partial charge in [0.15, 0.2) is 0 Å². The SMILES string of the molecule is CC(C)CN(Cc1nccn1C)CC(C)C. The molecule has 1 heterocycles. The van der Waals surface area contributed by atoms with E-state index in [0.717, 1.165) is 25.5 Å². The Morgan fingerprint density at radius 1 is 1.19 bits per heavy atom. The zero-order valence-electron chi connectivity index (χ0n) is 11.3. The first kappa shape index (κ1) is 13.2. The summed E-state index contributed by atoms with van der Waals surface area (Å²) in [5.41, 5.74) is 0. The summed E-state index contributed by atoms with van der Waals surface area (Å²) < 4.78 is 2.10. The van der Waals surface area contributed by atoms with Crippen molar-refractivity contribution in [3.8, 4) is 0 Å². The van der Waals surface area contributed by atoms with Crippen LogP contribution in [0.25, 0.3) is 0 Å². The van der Waals surface area contributed by atoms with Gasteiger partial charge in [0.25, 0.3) is 0 Å². The maximum Gasteiger partial charge on any atom is 0.122 e. The molecule has 0 radical (unpaired) electrons. The predicted octanol–water partition coefficient (Wildman–Crippen LogP) is 2.53. The first-order valence-corrected chi connectivity index (χ1v) is 6.17. The Bertz CT molecular complexity index is 292. The van der Waals surface area contributed by atoms with Crippen LogP contribution in [0.2, 0.25) is 0 Å². The fourth-order valence-electron chi connectivity index (χ4n) is 1.99. The normalized spacial score (nSPS) is 12.0. The second-order valence-corrected chi connectivity index (χ2v) is 5.44. The fourth-order valence-corrected chi connectivity index (χ4v) is 1.99. The van der Waals surface area contributed by atoms with Crippen molar-refractivity contribution in [1.29, 1.82) is 0 Å². The molecule has 0 atom stereocenters. The third kappa shape index (κ3) is 4.35. The van der Waals surface area contributed by atoms with Crippen molar-refractivity contribution in [1.82, 2.24) is 14.5 Å². The quantitative estimate of drug-likeness (QED) is 0.739. The van der Waals surface area contributed by atoms with Crippen LogP contribution in [-0.2, 0) is 13.6 Å². The highest BCUT2D eigenvalue weighted by molar-refractivity contribution is 4.91. The lowest BCUT2D eigenvalue weighted by Crippen LogP contribution is -2.31. The highest BCUT2D eigenvalue weighted by atomic mass is 15.2. The van der Waals surface area contributed by atoms with Crippen LogP contribution in [0.4, 0.5) is 0 Å². The number of aromatic nitrogens is 2. The summed E-state index contributed by atoms with van der Waals surface area (Å²) in [5.74, 6) is 2.57. The van der Waals surface area contributed by atoms with Crippen LogP contribution in [-0.4, -0.2) is 27.5 Å². The Hall–Kier alpha value is -0.830. The Kier molecular flexibility index (Phi) is 5.00. The molecule has 0 N–H and O–H groups in total. The van der Waals surface area contributed by atoms with Crippen LogP contribution in [0.15, 0.2) is 12.4 Å².